The molecule has 14 heavy (non-hydrogen) atoms. The van der Waals surface area contributed by atoms with Crippen molar-refractivity contribution in [2.75, 3.05) is 13.2 Å². The van der Waals surface area contributed by atoms with Gasteiger partial charge in [-0.15, -0.1) is 0 Å². The molecule has 2 unspecified atom stereocenters. The molecule has 0 aromatic carbocycles. The zero-order valence-corrected chi connectivity index (χ0v) is 8.54. The van der Waals surface area contributed by atoms with Crippen LogP contribution in [0.1, 0.15) is 32.1 Å². The van der Waals surface area contributed by atoms with Gasteiger partial charge in [0.05, 0.1) is 0 Å². The zero-order valence-electron chi connectivity index (χ0n) is 8.54. The monoisotopic (exact) mass is 200 g/mol. The summed E-state index contributed by atoms with van der Waals surface area (Å²) in [6, 6.07) is 0.185. The van der Waals surface area contributed by atoms with Gasteiger partial charge in [0.1, 0.15) is 0 Å². The molecule has 0 aliphatic heterocycles. The Kier molecular flexibility index (Phi) is 4.90. The van der Waals surface area contributed by atoms with Crippen molar-refractivity contribution in [1.82, 2.24) is 5.32 Å². The maximum Gasteiger partial charge on any atom is 0.220 e. The predicted molar refractivity (Wildman–Crippen MR) is 54.6 cm³/mol. The highest BCUT2D eigenvalue weighted by Crippen LogP contribution is 2.24. The minimum absolute atomic E-state index is 0.0702. The molecule has 0 spiro atoms. The van der Waals surface area contributed by atoms with Gasteiger partial charge >= 0.3 is 0 Å². The molecule has 0 aromatic heterocycles. The van der Waals surface area contributed by atoms with Gasteiger partial charge in [-0.05, 0) is 25.8 Å². The number of carbonyl (C=O) groups is 1. The first-order valence-corrected chi connectivity index (χ1v) is 5.38. The largest absolute Gasteiger partial charge is 0.396 e. The second-order valence-corrected chi connectivity index (χ2v) is 3.94. The number of amides is 1. The van der Waals surface area contributed by atoms with E-state index in [0.717, 1.165) is 25.7 Å². The molecule has 1 amide bonds. The number of aliphatic hydroxyl groups is 1. The van der Waals surface area contributed by atoms with Crippen molar-refractivity contribution in [3.8, 4) is 0 Å². The van der Waals surface area contributed by atoms with Gasteiger partial charge in [0, 0.05) is 25.0 Å². The molecule has 1 saturated carbocycles. The summed E-state index contributed by atoms with van der Waals surface area (Å²) in [7, 11) is 0. The van der Waals surface area contributed by atoms with E-state index < -0.39 is 0 Å². The van der Waals surface area contributed by atoms with Gasteiger partial charge in [0.15, 0.2) is 0 Å². The molecule has 1 aliphatic rings. The molecule has 1 rings (SSSR count). The van der Waals surface area contributed by atoms with Gasteiger partial charge < -0.3 is 16.2 Å². The number of nitrogens with two attached hydrogens (primary N) is 1. The molecular formula is C10H20N2O2. The van der Waals surface area contributed by atoms with Gasteiger partial charge in [0.2, 0.25) is 5.91 Å². The first kappa shape index (κ1) is 11.5. The second kappa shape index (κ2) is 5.98. The number of hydrogen-bond donors (Lipinski definition) is 3. The topological polar surface area (TPSA) is 75.4 Å². The van der Waals surface area contributed by atoms with E-state index in [-0.39, 0.29) is 24.5 Å². The Morgan fingerprint density at radius 2 is 2.29 bits per heavy atom. The third-order valence-electron chi connectivity index (χ3n) is 2.85. The summed E-state index contributed by atoms with van der Waals surface area (Å²) < 4.78 is 0. The average Bonchev–Trinajstić information content (AvgIpc) is 2.62. The summed E-state index contributed by atoms with van der Waals surface area (Å²) in [6.45, 7) is 0.739. The lowest BCUT2D eigenvalue weighted by molar-refractivity contribution is -0.122. The van der Waals surface area contributed by atoms with E-state index in [1.807, 2.05) is 0 Å². The molecule has 0 radical (unpaired) electrons. The summed E-state index contributed by atoms with van der Waals surface area (Å²) in [6.07, 6.45) is 4.37. The van der Waals surface area contributed by atoms with Crippen LogP contribution in [0.3, 0.4) is 0 Å². The van der Waals surface area contributed by atoms with E-state index in [1.54, 1.807) is 0 Å². The van der Waals surface area contributed by atoms with Gasteiger partial charge in [0.25, 0.3) is 0 Å². The minimum Gasteiger partial charge on any atom is -0.396 e. The molecule has 0 heterocycles. The van der Waals surface area contributed by atoms with Crippen LogP contribution in [0.4, 0.5) is 0 Å². The second-order valence-electron chi connectivity index (χ2n) is 3.94. The highest BCUT2D eigenvalue weighted by Gasteiger charge is 2.27. The molecule has 1 fully saturated rings. The van der Waals surface area contributed by atoms with Crippen molar-refractivity contribution in [3.05, 3.63) is 0 Å². The molecule has 0 aromatic rings. The number of aliphatic hydroxyl groups excluding tert-OH is 1. The summed E-state index contributed by atoms with van der Waals surface area (Å²) in [5.41, 5.74) is 5.32. The fourth-order valence-corrected chi connectivity index (χ4v) is 1.99. The first-order valence-electron chi connectivity index (χ1n) is 5.38. The summed E-state index contributed by atoms with van der Waals surface area (Å²) in [5.74, 6) is 0.331. The van der Waals surface area contributed by atoms with Crippen LogP contribution < -0.4 is 11.1 Å². The van der Waals surface area contributed by atoms with Gasteiger partial charge in [-0.2, -0.15) is 0 Å². The van der Waals surface area contributed by atoms with E-state index in [9.17, 15) is 4.79 Å². The van der Waals surface area contributed by atoms with Crippen molar-refractivity contribution in [1.29, 1.82) is 0 Å². The SMILES string of the molecule is NCCCC(=O)NC1CCCC1CO. The minimum atomic E-state index is 0.0702. The van der Waals surface area contributed by atoms with Crippen LogP contribution in [-0.2, 0) is 4.79 Å². The fourth-order valence-electron chi connectivity index (χ4n) is 1.99. The van der Waals surface area contributed by atoms with Crippen molar-refractivity contribution < 1.29 is 9.90 Å². The Morgan fingerprint density at radius 1 is 1.50 bits per heavy atom. The smallest absolute Gasteiger partial charge is 0.220 e. The normalized spacial score (nSPS) is 26.4. The van der Waals surface area contributed by atoms with Crippen LogP contribution in [0.2, 0.25) is 0 Å². The van der Waals surface area contributed by atoms with E-state index in [2.05, 4.69) is 5.32 Å². The summed E-state index contributed by atoms with van der Waals surface area (Å²) >= 11 is 0. The Bertz CT molecular complexity index is 185. The van der Waals surface area contributed by atoms with E-state index in [0.29, 0.717) is 13.0 Å². The third-order valence-corrected chi connectivity index (χ3v) is 2.85. The maximum atomic E-state index is 11.4. The number of hydrogen-bond acceptors (Lipinski definition) is 3. The average molecular weight is 200 g/mol. The highest BCUT2D eigenvalue weighted by atomic mass is 16.3. The standard InChI is InChI=1S/C10H20N2O2/c11-6-2-5-10(14)12-9-4-1-3-8(9)7-13/h8-9,13H,1-7,11H2,(H,12,14). The zero-order chi connectivity index (χ0) is 10.4. The molecule has 4 N–H and O–H groups in total. The van der Waals surface area contributed by atoms with Crippen molar-refractivity contribution >= 4 is 5.91 Å². The van der Waals surface area contributed by atoms with Crippen LogP contribution in [0, 0.1) is 5.92 Å². The van der Waals surface area contributed by atoms with Gasteiger partial charge in [-0.25, -0.2) is 0 Å². The Balaban J connectivity index is 2.25. The van der Waals surface area contributed by atoms with E-state index >= 15 is 0 Å². The van der Waals surface area contributed by atoms with E-state index in [4.69, 9.17) is 10.8 Å². The summed E-state index contributed by atoms with van der Waals surface area (Å²) in [4.78, 5) is 11.4. The predicted octanol–water partition coefficient (Wildman–Crippen LogP) is 0.00250. The Labute approximate surface area is 84.9 Å². The lowest BCUT2D eigenvalue weighted by Gasteiger charge is -2.18. The van der Waals surface area contributed by atoms with Crippen molar-refractivity contribution in [2.24, 2.45) is 11.7 Å². The molecule has 0 bridgehead atoms. The lowest BCUT2D eigenvalue weighted by atomic mass is 10.0. The molecular weight excluding hydrogens is 180 g/mol. The number of nitrogens with one attached hydrogen (secondary N) is 1. The van der Waals surface area contributed by atoms with E-state index in [1.165, 1.54) is 0 Å². The van der Waals surface area contributed by atoms with Gasteiger partial charge in [-0.1, -0.05) is 6.42 Å². The van der Waals surface area contributed by atoms with Crippen molar-refractivity contribution in [3.63, 3.8) is 0 Å². The molecule has 4 heteroatoms. The quantitative estimate of drug-likeness (QED) is 0.585. The van der Waals surface area contributed by atoms with Crippen LogP contribution in [0.15, 0.2) is 0 Å². The Hall–Kier alpha value is -0.610. The van der Waals surface area contributed by atoms with Crippen LogP contribution in [0.5, 0.6) is 0 Å². The number of carbonyl (C=O) groups excluding carboxylic acids is 1. The third kappa shape index (κ3) is 3.27. The summed E-state index contributed by atoms with van der Waals surface area (Å²) in [5, 5.41) is 12.0. The van der Waals surface area contributed by atoms with Crippen LogP contribution in [0.25, 0.3) is 0 Å². The molecule has 4 nitrogen and oxygen atoms in total. The molecule has 0 saturated heterocycles. The maximum absolute atomic E-state index is 11.4. The fraction of sp³-hybridized carbons (Fsp3) is 0.900. The Morgan fingerprint density at radius 3 is 2.93 bits per heavy atom. The molecule has 1 aliphatic carbocycles. The number of rotatable bonds is 5. The van der Waals surface area contributed by atoms with Crippen LogP contribution in [-0.4, -0.2) is 30.2 Å². The molecule has 82 valence electrons. The highest BCUT2D eigenvalue weighted by molar-refractivity contribution is 5.76. The lowest BCUT2D eigenvalue weighted by Crippen LogP contribution is -2.38. The molecule has 2 atom stereocenters. The van der Waals surface area contributed by atoms with Gasteiger partial charge in [-0.3, -0.25) is 4.79 Å². The first-order chi connectivity index (χ1) is 6.77. The van der Waals surface area contributed by atoms with Crippen molar-refractivity contribution in [2.45, 2.75) is 38.1 Å². The van der Waals surface area contributed by atoms with Crippen LogP contribution >= 0.6 is 0 Å².